The Kier molecular flexibility index (Phi) is 5.70. The number of carbonyl (C=O) groups excluding carboxylic acids is 2. The molecule has 5 heteroatoms. The molecule has 0 aromatic heterocycles. The van der Waals surface area contributed by atoms with Crippen LogP contribution in [-0.4, -0.2) is 35.2 Å². The first-order chi connectivity index (χ1) is 9.31. The molecule has 0 aliphatic carbocycles. The molecule has 0 radical (unpaired) electrons. The van der Waals surface area contributed by atoms with E-state index in [2.05, 4.69) is 5.32 Å². The van der Waals surface area contributed by atoms with Crippen LogP contribution in [0, 0.1) is 0 Å². The van der Waals surface area contributed by atoms with E-state index in [4.69, 9.17) is 4.74 Å². The summed E-state index contributed by atoms with van der Waals surface area (Å²) in [6, 6.07) is 8.20. The van der Waals surface area contributed by atoms with Crippen LogP contribution in [0.15, 0.2) is 30.3 Å². The van der Waals surface area contributed by atoms with Crippen molar-refractivity contribution in [2.75, 3.05) is 6.61 Å². The van der Waals surface area contributed by atoms with Gasteiger partial charge in [-0.2, -0.15) is 0 Å². The Morgan fingerprint density at radius 3 is 2.35 bits per heavy atom. The molecule has 0 fully saturated rings. The fourth-order valence-corrected chi connectivity index (χ4v) is 1.60. The van der Waals surface area contributed by atoms with Crippen molar-refractivity contribution < 1.29 is 19.4 Å². The molecule has 0 spiro atoms. The summed E-state index contributed by atoms with van der Waals surface area (Å²) in [6.45, 7) is 4.73. The Morgan fingerprint density at radius 1 is 1.25 bits per heavy atom. The number of alkyl carbamates (subject to hydrolysis) is 1. The highest BCUT2D eigenvalue weighted by atomic mass is 16.6. The molecule has 2 N–H and O–H groups in total. The van der Waals surface area contributed by atoms with Crippen LogP contribution in [0.4, 0.5) is 4.79 Å². The second-order valence-electron chi connectivity index (χ2n) is 5.51. The highest BCUT2D eigenvalue weighted by Gasteiger charge is 2.23. The number of Topliss-reactive ketones (excluding diaryl/α,β-unsaturated/α-hetero) is 1. The number of ketones is 1. The van der Waals surface area contributed by atoms with Crippen molar-refractivity contribution in [1.82, 2.24) is 5.32 Å². The number of hydrogen-bond acceptors (Lipinski definition) is 4. The number of rotatable bonds is 5. The number of hydrogen-bond donors (Lipinski definition) is 2. The lowest BCUT2D eigenvalue weighted by Gasteiger charge is -2.22. The minimum atomic E-state index is -0.954. The van der Waals surface area contributed by atoms with Crippen molar-refractivity contribution in [2.45, 2.75) is 38.8 Å². The third-order valence-electron chi connectivity index (χ3n) is 2.48. The Labute approximate surface area is 118 Å². The average molecular weight is 279 g/mol. The first-order valence-corrected chi connectivity index (χ1v) is 6.49. The van der Waals surface area contributed by atoms with Gasteiger partial charge < -0.3 is 15.2 Å². The van der Waals surface area contributed by atoms with Crippen molar-refractivity contribution in [2.24, 2.45) is 0 Å². The van der Waals surface area contributed by atoms with Crippen molar-refractivity contribution in [3.05, 3.63) is 35.9 Å². The van der Waals surface area contributed by atoms with Crippen molar-refractivity contribution in [3.8, 4) is 0 Å². The highest BCUT2D eigenvalue weighted by Crippen LogP contribution is 2.07. The normalized spacial score (nSPS) is 12.6. The van der Waals surface area contributed by atoms with Crippen LogP contribution in [0.1, 0.15) is 26.3 Å². The lowest BCUT2D eigenvalue weighted by atomic mass is 10.0. The molecule has 0 saturated heterocycles. The van der Waals surface area contributed by atoms with Gasteiger partial charge in [0.15, 0.2) is 5.78 Å². The maximum absolute atomic E-state index is 12.0. The SMILES string of the molecule is CC(C)(C)OC(=O)NC(CO)C(=O)Cc1ccccc1. The van der Waals surface area contributed by atoms with Crippen LogP contribution in [0.2, 0.25) is 0 Å². The summed E-state index contributed by atoms with van der Waals surface area (Å²) in [5.74, 6) is -0.260. The molecular weight excluding hydrogens is 258 g/mol. The summed E-state index contributed by atoms with van der Waals surface area (Å²) in [6.07, 6.45) is -0.556. The van der Waals surface area contributed by atoms with Crippen LogP contribution in [-0.2, 0) is 16.0 Å². The summed E-state index contributed by atoms with van der Waals surface area (Å²) in [4.78, 5) is 23.6. The van der Waals surface area contributed by atoms with Crippen molar-refractivity contribution in [1.29, 1.82) is 0 Å². The molecule has 0 aliphatic heterocycles. The lowest BCUT2D eigenvalue weighted by molar-refractivity contribution is -0.121. The first-order valence-electron chi connectivity index (χ1n) is 6.49. The predicted molar refractivity (Wildman–Crippen MR) is 75.4 cm³/mol. The topological polar surface area (TPSA) is 75.6 Å². The van der Waals surface area contributed by atoms with E-state index in [0.717, 1.165) is 5.56 Å². The van der Waals surface area contributed by atoms with Gasteiger partial charge >= 0.3 is 6.09 Å². The van der Waals surface area contributed by atoms with Gasteiger partial charge in [-0.15, -0.1) is 0 Å². The van der Waals surface area contributed by atoms with Gasteiger partial charge in [0.25, 0.3) is 0 Å². The number of nitrogens with one attached hydrogen (secondary N) is 1. The third-order valence-corrected chi connectivity index (χ3v) is 2.48. The smallest absolute Gasteiger partial charge is 0.408 e. The fraction of sp³-hybridized carbons (Fsp3) is 0.467. The molecule has 20 heavy (non-hydrogen) atoms. The summed E-state index contributed by atoms with van der Waals surface area (Å²) in [5, 5.41) is 11.6. The highest BCUT2D eigenvalue weighted by molar-refractivity contribution is 5.89. The maximum Gasteiger partial charge on any atom is 0.408 e. The zero-order chi connectivity index (χ0) is 15.2. The molecule has 1 rings (SSSR count). The van der Waals surface area contributed by atoms with Crippen LogP contribution in [0.3, 0.4) is 0 Å². The van der Waals surface area contributed by atoms with E-state index < -0.39 is 24.3 Å². The van der Waals surface area contributed by atoms with E-state index in [9.17, 15) is 14.7 Å². The van der Waals surface area contributed by atoms with E-state index in [1.807, 2.05) is 30.3 Å². The minimum absolute atomic E-state index is 0.155. The van der Waals surface area contributed by atoms with E-state index in [0.29, 0.717) is 0 Å². The summed E-state index contributed by atoms with van der Waals surface area (Å²) >= 11 is 0. The molecule has 1 aromatic rings. The number of amides is 1. The number of benzene rings is 1. The quantitative estimate of drug-likeness (QED) is 0.860. The van der Waals surface area contributed by atoms with Gasteiger partial charge in [0.2, 0.25) is 0 Å². The lowest BCUT2D eigenvalue weighted by Crippen LogP contribution is -2.46. The van der Waals surface area contributed by atoms with Crippen LogP contribution < -0.4 is 5.32 Å². The Hall–Kier alpha value is -1.88. The monoisotopic (exact) mass is 279 g/mol. The number of ether oxygens (including phenoxy) is 1. The average Bonchev–Trinajstić information content (AvgIpc) is 2.35. The van der Waals surface area contributed by atoms with Gasteiger partial charge in [-0.25, -0.2) is 4.79 Å². The molecule has 0 saturated carbocycles. The summed E-state index contributed by atoms with van der Waals surface area (Å²) in [7, 11) is 0. The van der Waals surface area contributed by atoms with E-state index >= 15 is 0 Å². The van der Waals surface area contributed by atoms with Gasteiger partial charge in [-0.3, -0.25) is 4.79 Å². The number of carbonyl (C=O) groups is 2. The van der Waals surface area contributed by atoms with Crippen LogP contribution >= 0.6 is 0 Å². The predicted octanol–water partition coefficient (Wildman–Crippen LogP) is 1.68. The van der Waals surface area contributed by atoms with E-state index in [-0.39, 0.29) is 12.2 Å². The molecule has 0 heterocycles. The van der Waals surface area contributed by atoms with Crippen LogP contribution in [0.5, 0.6) is 0 Å². The number of aliphatic hydroxyl groups is 1. The second-order valence-corrected chi connectivity index (χ2v) is 5.51. The maximum atomic E-state index is 12.0. The molecule has 1 unspecified atom stereocenters. The van der Waals surface area contributed by atoms with E-state index in [1.54, 1.807) is 20.8 Å². The number of aliphatic hydroxyl groups excluding tert-OH is 1. The van der Waals surface area contributed by atoms with Gasteiger partial charge in [0.05, 0.1) is 6.61 Å². The third kappa shape index (κ3) is 5.84. The van der Waals surface area contributed by atoms with E-state index in [1.165, 1.54) is 0 Å². The first kappa shape index (κ1) is 16.2. The van der Waals surface area contributed by atoms with Gasteiger partial charge in [0, 0.05) is 6.42 Å². The van der Waals surface area contributed by atoms with Crippen molar-refractivity contribution >= 4 is 11.9 Å². The van der Waals surface area contributed by atoms with Gasteiger partial charge in [-0.05, 0) is 26.3 Å². The largest absolute Gasteiger partial charge is 0.444 e. The standard InChI is InChI=1S/C15H21NO4/c1-15(2,3)20-14(19)16-12(10-17)13(18)9-11-7-5-4-6-8-11/h4-8,12,17H,9-10H2,1-3H3,(H,16,19). The Bertz CT molecular complexity index is 451. The fourth-order valence-electron chi connectivity index (χ4n) is 1.60. The summed E-state index contributed by atoms with van der Waals surface area (Å²) in [5.41, 5.74) is 0.189. The zero-order valence-corrected chi connectivity index (χ0v) is 12.1. The second kappa shape index (κ2) is 7.05. The molecule has 0 aliphatic rings. The molecule has 110 valence electrons. The van der Waals surface area contributed by atoms with Crippen molar-refractivity contribution in [3.63, 3.8) is 0 Å². The van der Waals surface area contributed by atoms with Crippen LogP contribution in [0.25, 0.3) is 0 Å². The molecular formula is C15H21NO4. The molecule has 1 amide bonds. The van der Waals surface area contributed by atoms with Gasteiger partial charge in [-0.1, -0.05) is 30.3 Å². The zero-order valence-electron chi connectivity index (χ0n) is 12.1. The summed E-state index contributed by atoms with van der Waals surface area (Å²) < 4.78 is 5.06. The molecule has 1 atom stereocenters. The molecule has 5 nitrogen and oxygen atoms in total. The minimum Gasteiger partial charge on any atom is -0.444 e. The molecule has 1 aromatic carbocycles. The van der Waals surface area contributed by atoms with Gasteiger partial charge in [0.1, 0.15) is 11.6 Å². The Morgan fingerprint density at radius 2 is 1.85 bits per heavy atom. The Balaban J connectivity index is 2.57. The molecule has 0 bridgehead atoms.